The largest absolute Gasteiger partial charge is 0.303 e. The highest BCUT2D eigenvalue weighted by molar-refractivity contribution is 5.93. The third kappa shape index (κ3) is 5.90. The third-order valence-electron chi connectivity index (χ3n) is 3.37. The van der Waals surface area contributed by atoms with Crippen LogP contribution in [0.4, 0.5) is 0 Å². The van der Waals surface area contributed by atoms with Gasteiger partial charge in [-0.1, -0.05) is 24.6 Å². The molecular formula is C15H23ClN2O2. The van der Waals surface area contributed by atoms with Crippen LogP contribution in [0.5, 0.6) is 0 Å². The maximum atomic E-state index is 11.7. The van der Waals surface area contributed by atoms with Gasteiger partial charge in [0.05, 0.1) is 6.61 Å². The maximum Gasteiger partial charge on any atom is 0.274 e. The molecule has 5 heteroatoms. The molecule has 1 aromatic carbocycles. The van der Waals surface area contributed by atoms with Gasteiger partial charge in [-0.3, -0.25) is 9.63 Å². The fraction of sp³-hybridized carbons (Fsp3) is 0.533. The second-order valence-corrected chi connectivity index (χ2v) is 4.90. The van der Waals surface area contributed by atoms with Gasteiger partial charge < -0.3 is 4.90 Å². The zero-order chi connectivity index (χ0) is 13.3. The van der Waals surface area contributed by atoms with Crippen molar-refractivity contribution < 1.29 is 9.63 Å². The van der Waals surface area contributed by atoms with Crippen molar-refractivity contribution in [2.75, 3.05) is 26.2 Å². The Morgan fingerprint density at radius 3 is 2.55 bits per heavy atom. The number of carbonyl (C=O) groups is 1. The molecule has 0 aliphatic carbocycles. The Bertz CT molecular complexity index is 381. The van der Waals surface area contributed by atoms with Crippen LogP contribution >= 0.6 is 12.4 Å². The van der Waals surface area contributed by atoms with Gasteiger partial charge in [0.15, 0.2) is 0 Å². The molecule has 1 amide bonds. The summed E-state index contributed by atoms with van der Waals surface area (Å²) in [6.45, 7) is 4.03. The standard InChI is InChI=1S/C15H22N2O2.ClH/c18-15(14-8-3-1-4-9-14)16-19-13-7-12-17-10-5-2-6-11-17;/h1,3-4,8-9H,2,5-7,10-13H2,(H,16,18);1H. The molecular weight excluding hydrogens is 276 g/mol. The van der Waals surface area contributed by atoms with Gasteiger partial charge >= 0.3 is 0 Å². The average molecular weight is 299 g/mol. The van der Waals surface area contributed by atoms with Crippen molar-refractivity contribution >= 4 is 18.3 Å². The molecule has 0 bridgehead atoms. The number of hydrogen-bond acceptors (Lipinski definition) is 3. The summed E-state index contributed by atoms with van der Waals surface area (Å²) < 4.78 is 0. The average Bonchev–Trinajstić information content (AvgIpc) is 2.49. The number of amides is 1. The summed E-state index contributed by atoms with van der Waals surface area (Å²) in [6, 6.07) is 9.10. The lowest BCUT2D eigenvalue weighted by atomic mass is 10.1. The van der Waals surface area contributed by atoms with Crippen LogP contribution in [-0.4, -0.2) is 37.0 Å². The summed E-state index contributed by atoms with van der Waals surface area (Å²) in [6.07, 6.45) is 4.94. The number of carbonyl (C=O) groups excluding carboxylic acids is 1. The van der Waals surface area contributed by atoms with E-state index in [0.29, 0.717) is 12.2 Å². The number of hydroxylamine groups is 1. The molecule has 1 aliphatic rings. The fourth-order valence-electron chi connectivity index (χ4n) is 2.31. The van der Waals surface area contributed by atoms with Crippen LogP contribution in [0.3, 0.4) is 0 Å². The van der Waals surface area contributed by atoms with Crippen LogP contribution in [-0.2, 0) is 4.84 Å². The molecule has 1 aliphatic heterocycles. The van der Waals surface area contributed by atoms with Crippen LogP contribution in [0, 0.1) is 0 Å². The van der Waals surface area contributed by atoms with Crippen LogP contribution < -0.4 is 5.48 Å². The molecule has 1 aromatic rings. The predicted octanol–water partition coefficient (Wildman–Crippen LogP) is 2.65. The highest BCUT2D eigenvalue weighted by Gasteiger charge is 2.09. The normalized spacial score (nSPS) is 15.4. The Balaban J connectivity index is 0.00000200. The molecule has 0 atom stereocenters. The van der Waals surface area contributed by atoms with Gasteiger partial charge in [0, 0.05) is 12.1 Å². The monoisotopic (exact) mass is 298 g/mol. The van der Waals surface area contributed by atoms with E-state index < -0.39 is 0 Å². The lowest BCUT2D eigenvalue weighted by Gasteiger charge is -2.26. The number of halogens is 1. The van der Waals surface area contributed by atoms with Crippen molar-refractivity contribution in [2.24, 2.45) is 0 Å². The van der Waals surface area contributed by atoms with Crippen LogP contribution in [0.1, 0.15) is 36.0 Å². The molecule has 1 fully saturated rings. The van der Waals surface area contributed by atoms with E-state index in [0.717, 1.165) is 13.0 Å². The fourth-order valence-corrected chi connectivity index (χ4v) is 2.31. The van der Waals surface area contributed by atoms with E-state index in [2.05, 4.69) is 10.4 Å². The number of hydrogen-bond donors (Lipinski definition) is 1. The molecule has 112 valence electrons. The SMILES string of the molecule is Cl.O=C(NOCCCN1CCCCC1)c1ccccc1. The molecule has 1 saturated heterocycles. The van der Waals surface area contributed by atoms with Crippen molar-refractivity contribution in [3.8, 4) is 0 Å². The van der Waals surface area contributed by atoms with Gasteiger partial charge in [0.1, 0.15) is 0 Å². The number of rotatable bonds is 6. The Kier molecular flexibility index (Phi) is 8.26. The van der Waals surface area contributed by atoms with E-state index in [4.69, 9.17) is 4.84 Å². The molecule has 0 spiro atoms. The topological polar surface area (TPSA) is 41.6 Å². The molecule has 0 aromatic heterocycles. The quantitative estimate of drug-likeness (QED) is 0.648. The van der Waals surface area contributed by atoms with Gasteiger partial charge in [-0.25, -0.2) is 5.48 Å². The molecule has 0 radical (unpaired) electrons. The Morgan fingerprint density at radius 2 is 1.85 bits per heavy atom. The summed E-state index contributed by atoms with van der Waals surface area (Å²) in [5.74, 6) is -0.182. The first-order valence-corrected chi connectivity index (χ1v) is 7.06. The van der Waals surface area contributed by atoms with Crippen molar-refractivity contribution in [1.82, 2.24) is 10.4 Å². The van der Waals surface area contributed by atoms with Crippen LogP contribution in [0.25, 0.3) is 0 Å². The molecule has 4 nitrogen and oxygen atoms in total. The van der Waals surface area contributed by atoms with Gasteiger partial charge in [0.25, 0.3) is 5.91 Å². The molecule has 1 N–H and O–H groups in total. The van der Waals surface area contributed by atoms with Crippen LogP contribution in [0.2, 0.25) is 0 Å². The third-order valence-corrected chi connectivity index (χ3v) is 3.37. The second kappa shape index (κ2) is 9.75. The van der Waals surface area contributed by atoms with Gasteiger partial charge in [-0.05, 0) is 44.5 Å². The number of nitrogens with zero attached hydrogens (tertiary/aromatic N) is 1. The minimum Gasteiger partial charge on any atom is -0.303 e. The summed E-state index contributed by atoms with van der Waals surface area (Å²) in [4.78, 5) is 19.3. The van der Waals surface area contributed by atoms with E-state index >= 15 is 0 Å². The molecule has 0 saturated carbocycles. The number of benzene rings is 1. The van der Waals surface area contributed by atoms with E-state index in [1.165, 1.54) is 32.4 Å². The van der Waals surface area contributed by atoms with E-state index in [-0.39, 0.29) is 18.3 Å². The summed E-state index contributed by atoms with van der Waals surface area (Å²) in [5, 5.41) is 0. The summed E-state index contributed by atoms with van der Waals surface area (Å²) in [7, 11) is 0. The molecule has 2 rings (SSSR count). The smallest absolute Gasteiger partial charge is 0.274 e. The van der Waals surface area contributed by atoms with E-state index in [1.54, 1.807) is 12.1 Å². The first kappa shape index (κ1) is 17.0. The maximum absolute atomic E-state index is 11.7. The number of likely N-dealkylation sites (tertiary alicyclic amines) is 1. The van der Waals surface area contributed by atoms with Crippen molar-refractivity contribution in [2.45, 2.75) is 25.7 Å². The number of nitrogens with one attached hydrogen (secondary N) is 1. The highest BCUT2D eigenvalue weighted by Crippen LogP contribution is 2.08. The second-order valence-electron chi connectivity index (χ2n) is 4.90. The van der Waals surface area contributed by atoms with E-state index in [1.807, 2.05) is 18.2 Å². The Labute approximate surface area is 126 Å². The summed E-state index contributed by atoms with van der Waals surface area (Å²) in [5.41, 5.74) is 3.10. The Morgan fingerprint density at radius 1 is 1.15 bits per heavy atom. The lowest BCUT2D eigenvalue weighted by Crippen LogP contribution is -2.32. The first-order valence-electron chi connectivity index (χ1n) is 7.06. The zero-order valence-corrected chi connectivity index (χ0v) is 12.5. The zero-order valence-electron chi connectivity index (χ0n) is 11.7. The first-order chi connectivity index (χ1) is 9.36. The molecule has 1 heterocycles. The van der Waals surface area contributed by atoms with Crippen molar-refractivity contribution in [3.63, 3.8) is 0 Å². The molecule has 0 unspecified atom stereocenters. The van der Waals surface area contributed by atoms with Gasteiger partial charge in [-0.2, -0.15) is 0 Å². The highest BCUT2D eigenvalue weighted by atomic mass is 35.5. The van der Waals surface area contributed by atoms with Gasteiger partial charge in [0.2, 0.25) is 0 Å². The van der Waals surface area contributed by atoms with Crippen molar-refractivity contribution in [3.05, 3.63) is 35.9 Å². The number of piperidine rings is 1. The minimum atomic E-state index is -0.182. The Hall–Kier alpha value is -1.10. The lowest BCUT2D eigenvalue weighted by molar-refractivity contribution is 0.0273. The molecule has 20 heavy (non-hydrogen) atoms. The van der Waals surface area contributed by atoms with E-state index in [9.17, 15) is 4.79 Å². The van der Waals surface area contributed by atoms with Crippen molar-refractivity contribution in [1.29, 1.82) is 0 Å². The summed E-state index contributed by atoms with van der Waals surface area (Å²) >= 11 is 0. The van der Waals surface area contributed by atoms with Crippen LogP contribution in [0.15, 0.2) is 30.3 Å². The van der Waals surface area contributed by atoms with Gasteiger partial charge in [-0.15, -0.1) is 12.4 Å². The minimum absolute atomic E-state index is 0. The predicted molar refractivity (Wildman–Crippen MR) is 82.0 cm³/mol.